The number of rotatable bonds is 10. The molecule has 3 aromatic rings. The van der Waals surface area contributed by atoms with Crippen molar-refractivity contribution < 1.29 is 31.1 Å². The fourth-order valence-electron chi connectivity index (χ4n) is 4.23. The van der Waals surface area contributed by atoms with Gasteiger partial charge in [0.15, 0.2) is 10.2 Å². The lowest BCUT2D eigenvalue weighted by Gasteiger charge is -2.14. The molecular weight excluding hydrogens is 700 g/mol. The lowest BCUT2D eigenvalue weighted by molar-refractivity contribution is 0.0971. The lowest BCUT2D eigenvalue weighted by Crippen LogP contribution is -2.31. The molecule has 0 aliphatic carbocycles. The maximum Gasteiger partial charge on any atom is 0.285 e. The van der Waals surface area contributed by atoms with Crippen molar-refractivity contribution in [2.45, 2.75) is 45.9 Å². The lowest BCUT2D eigenvalue weighted by atomic mass is 10.0. The minimum Gasteiger partial charge on any atom is -0.497 e. The van der Waals surface area contributed by atoms with E-state index in [4.69, 9.17) is 9.47 Å². The Bertz CT molecular complexity index is 1680. The zero-order chi connectivity index (χ0) is 30.2. The maximum atomic E-state index is 13.9. The Balaban J connectivity index is 1.81. The second kappa shape index (κ2) is 12.0. The number of methoxy groups -OCH3 is 1. The Hall–Kier alpha value is -2.58. The molecule has 0 aromatic heterocycles. The summed E-state index contributed by atoms with van der Waals surface area (Å²) in [6.07, 6.45) is 0. The Morgan fingerprint density at radius 3 is 1.93 bits per heavy atom. The average molecular weight is 728 g/mol. The number of hydrogen-bond acceptors (Lipinski definition) is 7. The molecule has 41 heavy (non-hydrogen) atoms. The molecule has 0 N–H and O–H groups in total. The summed E-state index contributed by atoms with van der Waals surface area (Å²) < 4.78 is 68.1. The van der Waals surface area contributed by atoms with Crippen molar-refractivity contribution in [2.75, 3.05) is 13.7 Å². The van der Waals surface area contributed by atoms with E-state index in [1.54, 1.807) is 43.3 Å². The fraction of sp³-hybridized carbons (Fsp3) is 0.286. The van der Waals surface area contributed by atoms with Crippen LogP contribution in [-0.2, 0) is 24.8 Å². The van der Waals surface area contributed by atoms with Crippen LogP contribution in [0, 0.1) is 13.8 Å². The highest BCUT2D eigenvalue weighted by Crippen LogP contribution is 2.56. The zero-order valence-electron chi connectivity index (χ0n) is 22.6. The summed E-state index contributed by atoms with van der Waals surface area (Å²) in [4.78, 5) is 12.7. The number of Topliss-reactive ketones (excluding diaryl/α,β-unsaturated/α-hetero) is 1. The SMILES string of the molecule is CCO/C(=N\S(=O)(=O)c1ccc(C)cc1)[C@@H](Br)[C@@H]1N(S(=O)(=O)c2ccc(C)cc2)[C@@]1(Br)C(=O)c1ccc(OC)cc1. The molecule has 0 amide bonds. The van der Waals surface area contributed by atoms with Crippen molar-refractivity contribution in [1.29, 1.82) is 0 Å². The molecule has 0 bridgehead atoms. The third kappa shape index (κ3) is 6.14. The molecular formula is C28H28Br2N2O7S2. The van der Waals surface area contributed by atoms with Gasteiger partial charge in [0.05, 0.1) is 29.5 Å². The van der Waals surface area contributed by atoms with Gasteiger partial charge in [0.25, 0.3) is 10.0 Å². The number of nitrogens with zero attached hydrogens (tertiary/aromatic N) is 2. The largest absolute Gasteiger partial charge is 0.497 e. The van der Waals surface area contributed by atoms with Crippen LogP contribution in [0.1, 0.15) is 28.4 Å². The first-order chi connectivity index (χ1) is 19.3. The molecule has 1 aliphatic heterocycles. The summed E-state index contributed by atoms with van der Waals surface area (Å²) >= 11 is 6.87. The van der Waals surface area contributed by atoms with Gasteiger partial charge in [-0.3, -0.25) is 4.79 Å². The molecule has 4 rings (SSSR count). The number of sulfonamides is 2. The average Bonchev–Trinajstić information content (AvgIpc) is 3.60. The number of benzene rings is 3. The van der Waals surface area contributed by atoms with Gasteiger partial charge in [0, 0.05) is 5.56 Å². The van der Waals surface area contributed by atoms with Gasteiger partial charge < -0.3 is 9.47 Å². The Morgan fingerprint density at radius 1 is 0.927 bits per heavy atom. The van der Waals surface area contributed by atoms with E-state index in [0.717, 1.165) is 15.4 Å². The van der Waals surface area contributed by atoms with Crippen molar-refractivity contribution >= 4 is 63.6 Å². The molecule has 0 radical (unpaired) electrons. The highest BCUT2D eigenvalue weighted by molar-refractivity contribution is 9.11. The zero-order valence-corrected chi connectivity index (χ0v) is 27.4. The summed E-state index contributed by atoms with van der Waals surface area (Å²) in [6, 6.07) is 17.4. The summed E-state index contributed by atoms with van der Waals surface area (Å²) in [7, 11) is -6.98. The van der Waals surface area contributed by atoms with Crippen molar-refractivity contribution in [3.63, 3.8) is 0 Å². The fourth-order valence-corrected chi connectivity index (χ4v) is 10.0. The highest BCUT2D eigenvalue weighted by atomic mass is 79.9. The first-order valence-corrected chi connectivity index (χ1v) is 17.0. The van der Waals surface area contributed by atoms with Gasteiger partial charge in [-0.1, -0.05) is 67.3 Å². The number of ketones is 1. The van der Waals surface area contributed by atoms with Crippen LogP contribution < -0.4 is 4.74 Å². The Kier molecular flexibility index (Phi) is 9.15. The number of carbonyl (C=O) groups excluding carboxylic acids is 1. The van der Waals surface area contributed by atoms with Gasteiger partial charge in [0.1, 0.15) is 10.6 Å². The quantitative estimate of drug-likeness (QED) is 0.0700. The second-order valence-corrected chi connectivity index (χ2v) is 15.0. The minimum atomic E-state index is -4.25. The van der Waals surface area contributed by atoms with E-state index in [2.05, 4.69) is 36.3 Å². The second-order valence-electron chi connectivity index (χ2n) is 9.34. The van der Waals surface area contributed by atoms with Crippen LogP contribution in [0.15, 0.2) is 87.0 Å². The van der Waals surface area contributed by atoms with E-state index in [1.165, 1.54) is 43.5 Å². The van der Waals surface area contributed by atoms with Gasteiger partial charge in [0.2, 0.25) is 15.9 Å². The molecule has 218 valence electrons. The summed E-state index contributed by atoms with van der Waals surface area (Å²) in [5.74, 6) is -0.319. The molecule has 0 saturated carbocycles. The Morgan fingerprint density at radius 2 is 1.44 bits per heavy atom. The van der Waals surface area contributed by atoms with Crippen molar-refractivity contribution in [2.24, 2.45) is 4.40 Å². The number of alkyl halides is 2. The molecule has 4 atom stereocenters. The number of hydrogen-bond donors (Lipinski definition) is 0. The van der Waals surface area contributed by atoms with Crippen LogP contribution in [0.3, 0.4) is 0 Å². The monoisotopic (exact) mass is 726 g/mol. The van der Waals surface area contributed by atoms with E-state index in [1.807, 2.05) is 13.8 Å². The highest BCUT2D eigenvalue weighted by Gasteiger charge is 2.74. The Labute approximate surface area is 256 Å². The van der Waals surface area contributed by atoms with E-state index in [-0.39, 0.29) is 27.9 Å². The van der Waals surface area contributed by atoms with Crippen LogP contribution >= 0.6 is 31.9 Å². The summed E-state index contributed by atoms with van der Waals surface area (Å²) in [6.45, 7) is 5.34. The van der Waals surface area contributed by atoms with E-state index < -0.39 is 41.1 Å². The van der Waals surface area contributed by atoms with Crippen molar-refractivity contribution in [3.05, 3.63) is 89.5 Å². The van der Waals surface area contributed by atoms with Gasteiger partial charge >= 0.3 is 0 Å². The molecule has 1 aliphatic rings. The van der Waals surface area contributed by atoms with Crippen LogP contribution in [0.4, 0.5) is 0 Å². The molecule has 3 aromatic carbocycles. The first-order valence-electron chi connectivity index (χ1n) is 12.4. The summed E-state index contributed by atoms with van der Waals surface area (Å²) in [5.41, 5.74) is 1.94. The van der Waals surface area contributed by atoms with Crippen LogP contribution in [-0.4, -0.2) is 61.9 Å². The van der Waals surface area contributed by atoms with E-state index >= 15 is 0 Å². The molecule has 1 saturated heterocycles. The van der Waals surface area contributed by atoms with Gasteiger partial charge in [-0.2, -0.15) is 12.7 Å². The summed E-state index contributed by atoms with van der Waals surface area (Å²) in [5, 5.41) is 0. The standard InChI is InChI=1S/C28H28Br2N2O7S2/c1-5-39-27(31-40(34,35)22-14-6-18(2)7-15-22)24(29)25-28(30,26(33)20-10-12-21(38-4)13-11-20)32(25)41(36,37)23-16-8-19(3)9-17-23/h6-17,24-25H,5H2,1-4H3/b31-27-/t24-,25-,28+,32?/m0/s1. The smallest absolute Gasteiger partial charge is 0.285 e. The first kappa shape index (κ1) is 31.4. The van der Waals surface area contributed by atoms with Crippen LogP contribution in [0.2, 0.25) is 0 Å². The van der Waals surface area contributed by atoms with Crippen molar-refractivity contribution in [1.82, 2.24) is 4.31 Å². The van der Waals surface area contributed by atoms with Crippen LogP contribution in [0.25, 0.3) is 0 Å². The molecule has 0 spiro atoms. The molecule has 1 unspecified atom stereocenters. The molecule has 9 nitrogen and oxygen atoms in total. The van der Waals surface area contributed by atoms with Crippen LogP contribution in [0.5, 0.6) is 5.75 Å². The topological polar surface area (TPSA) is 119 Å². The van der Waals surface area contributed by atoms with Gasteiger partial charge in [-0.15, -0.1) is 4.40 Å². The number of carbonyl (C=O) groups is 1. The maximum absolute atomic E-state index is 13.9. The predicted molar refractivity (Wildman–Crippen MR) is 163 cm³/mol. The third-order valence-corrected chi connectivity index (χ3v) is 12.0. The van der Waals surface area contributed by atoms with Gasteiger partial charge in [-0.25, -0.2) is 8.42 Å². The van der Waals surface area contributed by atoms with Crippen molar-refractivity contribution in [3.8, 4) is 5.75 Å². The normalized spacial score (nSPS) is 21.7. The minimum absolute atomic E-state index is 0.0289. The number of aryl methyl sites for hydroxylation is 2. The van der Waals surface area contributed by atoms with E-state index in [0.29, 0.717) is 5.75 Å². The van der Waals surface area contributed by atoms with Gasteiger partial charge in [-0.05, 0) is 69.3 Å². The molecule has 1 heterocycles. The predicted octanol–water partition coefficient (Wildman–Crippen LogP) is 5.25. The third-order valence-electron chi connectivity index (χ3n) is 6.48. The number of ether oxygens (including phenoxy) is 2. The number of halogens is 2. The molecule has 13 heteroatoms. The van der Waals surface area contributed by atoms with E-state index in [9.17, 15) is 21.6 Å². The molecule has 1 fully saturated rings.